The first kappa shape index (κ1) is 24.9. The molecular weight excluding hydrogens is 525 g/mol. The van der Waals surface area contributed by atoms with Crippen LogP contribution in [-0.4, -0.2) is 42.2 Å². The van der Waals surface area contributed by atoms with Crippen LogP contribution in [0.3, 0.4) is 0 Å². The second kappa shape index (κ2) is 9.44. The molecule has 0 aliphatic carbocycles. The maximum absolute atomic E-state index is 13.9. The molecule has 0 atom stereocenters. The fraction of sp³-hybridized carbons (Fsp3) is 0.333. The number of amides is 1. The number of aromatic nitrogens is 5. The molecule has 0 bridgehead atoms. The van der Waals surface area contributed by atoms with Crippen LogP contribution in [-0.2, 0) is 19.3 Å². The SMILES string of the molecule is CCn1cc(Br)c(CN(C)C(=O)c2cnn3c(C(F)(F)F)cc(-c4ccc(C(C)C)cc4)nc23)n1. The average molecular weight is 549 g/mol. The first-order chi connectivity index (χ1) is 16.5. The summed E-state index contributed by atoms with van der Waals surface area (Å²) in [6.07, 6.45) is -1.76. The highest BCUT2D eigenvalue weighted by Crippen LogP contribution is 2.33. The van der Waals surface area contributed by atoms with Crippen LogP contribution in [0.4, 0.5) is 13.2 Å². The van der Waals surface area contributed by atoms with E-state index in [9.17, 15) is 18.0 Å². The summed E-state index contributed by atoms with van der Waals surface area (Å²) in [5, 5.41) is 8.26. The number of halogens is 4. The van der Waals surface area contributed by atoms with E-state index in [0.717, 1.165) is 22.3 Å². The number of hydrogen-bond acceptors (Lipinski definition) is 4. The van der Waals surface area contributed by atoms with Crippen LogP contribution in [0.15, 0.2) is 47.2 Å². The highest BCUT2D eigenvalue weighted by molar-refractivity contribution is 9.10. The molecule has 0 aliphatic rings. The Bertz CT molecular complexity index is 1370. The monoisotopic (exact) mass is 548 g/mol. The zero-order valence-electron chi connectivity index (χ0n) is 19.6. The predicted molar refractivity (Wildman–Crippen MR) is 129 cm³/mol. The highest BCUT2D eigenvalue weighted by atomic mass is 79.9. The van der Waals surface area contributed by atoms with Crippen molar-refractivity contribution in [1.82, 2.24) is 29.3 Å². The van der Waals surface area contributed by atoms with Gasteiger partial charge < -0.3 is 4.90 Å². The summed E-state index contributed by atoms with van der Waals surface area (Å²) >= 11 is 3.43. The molecule has 1 aromatic carbocycles. The molecule has 3 heterocycles. The van der Waals surface area contributed by atoms with Crippen LogP contribution in [0.5, 0.6) is 0 Å². The summed E-state index contributed by atoms with van der Waals surface area (Å²) in [7, 11) is 1.56. The minimum atomic E-state index is -4.69. The standard InChI is InChI=1S/C24H24BrF3N6O/c1-5-33-12-18(25)20(31-33)13-32(4)23(35)17-11-29-34-21(24(26,27)28)10-19(30-22(17)34)16-8-6-15(7-9-16)14(2)3/h6-12,14H,5,13H2,1-4H3. The fourth-order valence-electron chi connectivity index (χ4n) is 3.71. The molecule has 0 unspecified atom stereocenters. The number of aryl methyl sites for hydroxylation is 1. The molecule has 0 saturated carbocycles. The van der Waals surface area contributed by atoms with Crippen molar-refractivity contribution in [2.75, 3.05) is 7.05 Å². The zero-order chi connectivity index (χ0) is 25.5. The van der Waals surface area contributed by atoms with Crippen molar-refractivity contribution >= 4 is 27.5 Å². The third-order valence-corrected chi connectivity index (χ3v) is 6.37. The summed E-state index contributed by atoms with van der Waals surface area (Å²) in [4.78, 5) is 19.0. The first-order valence-electron chi connectivity index (χ1n) is 11.0. The van der Waals surface area contributed by atoms with Gasteiger partial charge in [-0.25, -0.2) is 9.50 Å². The number of nitrogens with zero attached hydrogens (tertiary/aromatic N) is 6. The molecule has 0 spiro atoms. The van der Waals surface area contributed by atoms with E-state index in [1.165, 1.54) is 4.90 Å². The van der Waals surface area contributed by atoms with Gasteiger partial charge in [-0.2, -0.15) is 23.4 Å². The molecule has 0 aliphatic heterocycles. The van der Waals surface area contributed by atoms with Gasteiger partial charge in [-0.3, -0.25) is 9.48 Å². The number of fused-ring (bicyclic) bond motifs is 1. The number of hydrogen-bond donors (Lipinski definition) is 0. The maximum atomic E-state index is 13.9. The van der Waals surface area contributed by atoms with Crippen LogP contribution < -0.4 is 0 Å². The van der Waals surface area contributed by atoms with Gasteiger partial charge in [-0.1, -0.05) is 38.1 Å². The van der Waals surface area contributed by atoms with Gasteiger partial charge in [0.15, 0.2) is 11.3 Å². The largest absolute Gasteiger partial charge is 0.433 e. The van der Waals surface area contributed by atoms with Gasteiger partial charge in [0.2, 0.25) is 0 Å². The van der Waals surface area contributed by atoms with E-state index in [0.29, 0.717) is 22.3 Å². The number of benzene rings is 1. The summed E-state index contributed by atoms with van der Waals surface area (Å²) in [5.41, 5.74) is 1.14. The molecule has 7 nitrogen and oxygen atoms in total. The zero-order valence-corrected chi connectivity index (χ0v) is 21.2. The van der Waals surface area contributed by atoms with E-state index in [-0.39, 0.29) is 29.4 Å². The lowest BCUT2D eigenvalue weighted by Gasteiger charge is -2.16. The van der Waals surface area contributed by atoms with Gasteiger partial charge in [-0.05, 0) is 40.4 Å². The Morgan fingerprint density at radius 1 is 1.20 bits per heavy atom. The van der Waals surface area contributed by atoms with Crippen LogP contribution in [0.2, 0.25) is 0 Å². The normalized spacial score (nSPS) is 12.0. The van der Waals surface area contributed by atoms with E-state index < -0.39 is 17.8 Å². The van der Waals surface area contributed by atoms with Crippen molar-refractivity contribution in [3.05, 3.63) is 69.7 Å². The van der Waals surface area contributed by atoms with E-state index in [4.69, 9.17) is 0 Å². The molecule has 3 aromatic heterocycles. The minimum absolute atomic E-state index is 0.0234. The molecule has 0 saturated heterocycles. The molecule has 4 aromatic rings. The molecule has 11 heteroatoms. The molecule has 0 N–H and O–H groups in total. The van der Waals surface area contributed by atoms with Gasteiger partial charge in [0, 0.05) is 25.4 Å². The van der Waals surface area contributed by atoms with E-state index in [1.807, 2.05) is 32.9 Å². The van der Waals surface area contributed by atoms with Crippen LogP contribution in [0.1, 0.15) is 54.0 Å². The van der Waals surface area contributed by atoms with E-state index in [1.54, 1.807) is 30.1 Å². The second-order valence-corrected chi connectivity index (χ2v) is 9.39. The quantitative estimate of drug-likeness (QED) is 0.306. The first-order valence-corrected chi connectivity index (χ1v) is 11.8. The molecular formula is C24H24BrF3N6O. The number of rotatable bonds is 6. The fourth-order valence-corrected chi connectivity index (χ4v) is 4.15. The number of alkyl halides is 3. The Kier molecular flexibility index (Phi) is 6.72. The topological polar surface area (TPSA) is 68.3 Å². The lowest BCUT2D eigenvalue weighted by atomic mass is 10.0. The predicted octanol–water partition coefficient (Wildman–Crippen LogP) is 5.79. The Labute approximate surface area is 208 Å². The molecule has 1 amide bonds. The number of carbonyl (C=O) groups is 1. The maximum Gasteiger partial charge on any atom is 0.433 e. The Morgan fingerprint density at radius 3 is 2.46 bits per heavy atom. The van der Waals surface area contributed by atoms with Crippen LogP contribution >= 0.6 is 15.9 Å². The van der Waals surface area contributed by atoms with Crippen molar-refractivity contribution in [2.45, 2.75) is 46.0 Å². The third kappa shape index (κ3) is 4.95. The molecule has 0 radical (unpaired) electrons. The lowest BCUT2D eigenvalue weighted by molar-refractivity contribution is -0.142. The van der Waals surface area contributed by atoms with Gasteiger partial charge in [0.05, 0.1) is 28.6 Å². The number of carbonyl (C=O) groups excluding carboxylic acids is 1. The van der Waals surface area contributed by atoms with Gasteiger partial charge >= 0.3 is 6.18 Å². The Hall–Kier alpha value is -3.21. The third-order valence-electron chi connectivity index (χ3n) is 5.71. The van der Waals surface area contributed by atoms with Crippen molar-refractivity contribution in [2.24, 2.45) is 0 Å². The van der Waals surface area contributed by atoms with E-state index in [2.05, 4.69) is 31.1 Å². The molecule has 4 rings (SSSR count). The van der Waals surface area contributed by atoms with Crippen LogP contribution in [0.25, 0.3) is 16.9 Å². The van der Waals surface area contributed by atoms with Crippen molar-refractivity contribution in [3.8, 4) is 11.3 Å². The lowest BCUT2D eigenvalue weighted by Crippen LogP contribution is -2.27. The average Bonchev–Trinajstić information content (AvgIpc) is 3.40. The Balaban J connectivity index is 1.76. The Morgan fingerprint density at radius 2 is 1.89 bits per heavy atom. The van der Waals surface area contributed by atoms with Gasteiger partial charge in [0.1, 0.15) is 5.56 Å². The molecule has 0 fully saturated rings. The molecule has 184 valence electrons. The van der Waals surface area contributed by atoms with Crippen molar-refractivity contribution in [3.63, 3.8) is 0 Å². The second-order valence-electron chi connectivity index (χ2n) is 8.54. The van der Waals surface area contributed by atoms with Crippen LogP contribution in [0, 0.1) is 0 Å². The van der Waals surface area contributed by atoms with Gasteiger partial charge in [0.25, 0.3) is 5.91 Å². The molecule has 35 heavy (non-hydrogen) atoms. The minimum Gasteiger partial charge on any atom is -0.336 e. The van der Waals surface area contributed by atoms with E-state index >= 15 is 0 Å². The summed E-state index contributed by atoms with van der Waals surface area (Å²) in [5.74, 6) is -0.227. The van der Waals surface area contributed by atoms with Gasteiger partial charge in [-0.15, -0.1) is 0 Å². The smallest absolute Gasteiger partial charge is 0.336 e. The summed E-state index contributed by atoms with van der Waals surface area (Å²) in [6, 6.07) is 8.15. The highest BCUT2D eigenvalue weighted by Gasteiger charge is 2.36. The van der Waals surface area contributed by atoms with Crippen molar-refractivity contribution < 1.29 is 18.0 Å². The van der Waals surface area contributed by atoms with Crippen molar-refractivity contribution in [1.29, 1.82) is 0 Å². The summed E-state index contributed by atoms with van der Waals surface area (Å²) < 4.78 is 44.9. The summed E-state index contributed by atoms with van der Waals surface area (Å²) in [6.45, 7) is 6.83.